The maximum atomic E-state index is 5.67. The number of rotatable bonds is 1. The van der Waals surface area contributed by atoms with Gasteiger partial charge < -0.3 is 10.1 Å². The number of nitrogens with one attached hydrogen (secondary N) is 1. The van der Waals surface area contributed by atoms with Gasteiger partial charge in [0.05, 0.1) is 19.3 Å². The lowest BCUT2D eigenvalue weighted by atomic mass is 10.2. The highest BCUT2D eigenvalue weighted by atomic mass is 35.5. The zero-order valence-corrected chi connectivity index (χ0v) is 8.08. The fraction of sp³-hybridized carbons (Fsp3) is 0.714. The van der Waals surface area contributed by atoms with Gasteiger partial charge in [-0.15, -0.1) is 5.10 Å². The molecule has 0 aliphatic carbocycles. The first kappa shape index (κ1) is 8.93. The van der Waals surface area contributed by atoms with Crippen molar-refractivity contribution in [3.63, 3.8) is 0 Å². The van der Waals surface area contributed by atoms with Gasteiger partial charge in [-0.25, -0.2) is 4.68 Å². The molecule has 0 bridgehead atoms. The smallest absolute Gasteiger partial charge is 0.242 e. The lowest BCUT2D eigenvalue weighted by Crippen LogP contribution is -2.36. The third kappa shape index (κ3) is 1.82. The second-order valence-electron chi connectivity index (χ2n) is 2.94. The molecule has 0 radical (unpaired) electrons. The molecule has 1 saturated heterocycles. The van der Waals surface area contributed by atoms with Crippen LogP contribution in [0.25, 0.3) is 0 Å². The molecule has 0 spiro atoms. The van der Waals surface area contributed by atoms with Crippen LogP contribution in [0.3, 0.4) is 0 Å². The van der Waals surface area contributed by atoms with Gasteiger partial charge >= 0.3 is 0 Å². The Morgan fingerprint density at radius 2 is 2.54 bits per heavy atom. The number of halogens is 1. The van der Waals surface area contributed by atoms with Crippen LogP contribution in [0.1, 0.15) is 11.9 Å². The average Bonchev–Trinajstić information content (AvgIpc) is 2.47. The van der Waals surface area contributed by atoms with Gasteiger partial charge in [-0.3, -0.25) is 0 Å². The summed E-state index contributed by atoms with van der Waals surface area (Å²) in [6.45, 7) is 2.22. The molecule has 1 unspecified atom stereocenters. The van der Waals surface area contributed by atoms with Crippen LogP contribution < -0.4 is 5.32 Å². The summed E-state index contributed by atoms with van der Waals surface area (Å²) in [5.41, 5.74) is 0. The fourth-order valence-corrected chi connectivity index (χ4v) is 1.60. The molecule has 1 aliphatic rings. The minimum atomic E-state index is 0.110. The van der Waals surface area contributed by atoms with Gasteiger partial charge in [-0.1, -0.05) is 0 Å². The van der Waals surface area contributed by atoms with Crippen molar-refractivity contribution in [3.8, 4) is 0 Å². The molecule has 2 rings (SSSR count). The summed E-state index contributed by atoms with van der Waals surface area (Å²) in [5, 5.41) is 7.53. The molecule has 1 fully saturated rings. The monoisotopic (exact) mass is 202 g/mol. The third-order valence-corrected chi connectivity index (χ3v) is 2.16. The largest absolute Gasteiger partial charge is 0.378 e. The topological polar surface area (TPSA) is 52.0 Å². The molecule has 1 aliphatic heterocycles. The molecule has 1 N–H and O–H groups in total. The van der Waals surface area contributed by atoms with Crippen LogP contribution in [0.15, 0.2) is 0 Å². The van der Waals surface area contributed by atoms with Gasteiger partial charge in [0, 0.05) is 13.6 Å². The van der Waals surface area contributed by atoms with E-state index in [9.17, 15) is 0 Å². The zero-order valence-electron chi connectivity index (χ0n) is 7.33. The van der Waals surface area contributed by atoms with Crippen molar-refractivity contribution in [1.82, 2.24) is 20.1 Å². The maximum Gasteiger partial charge on any atom is 0.242 e. The van der Waals surface area contributed by atoms with Gasteiger partial charge in [0.2, 0.25) is 5.28 Å². The van der Waals surface area contributed by atoms with Crippen LogP contribution in [0.4, 0.5) is 0 Å². The van der Waals surface area contributed by atoms with Crippen molar-refractivity contribution in [3.05, 3.63) is 11.1 Å². The fourth-order valence-electron chi connectivity index (χ4n) is 1.40. The predicted octanol–water partition coefficient (Wildman–Crippen LogP) is 0.129. The van der Waals surface area contributed by atoms with Gasteiger partial charge in [0.1, 0.15) is 5.82 Å². The van der Waals surface area contributed by atoms with Crippen molar-refractivity contribution < 1.29 is 4.74 Å². The number of ether oxygens (including phenoxy) is 1. The molecule has 2 heterocycles. The van der Waals surface area contributed by atoms with E-state index in [1.165, 1.54) is 0 Å². The first-order chi connectivity index (χ1) is 6.27. The van der Waals surface area contributed by atoms with Crippen molar-refractivity contribution in [2.45, 2.75) is 6.04 Å². The summed E-state index contributed by atoms with van der Waals surface area (Å²) in [5.74, 6) is 0.824. The van der Waals surface area contributed by atoms with Crippen LogP contribution in [-0.4, -0.2) is 34.5 Å². The minimum Gasteiger partial charge on any atom is -0.378 e. The molecule has 1 aromatic rings. The van der Waals surface area contributed by atoms with E-state index >= 15 is 0 Å². The lowest BCUT2D eigenvalue weighted by Gasteiger charge is -2.22. The molecule has 13 heavy (non-hydrogen) atoms. The highest BCUT2D eigenvalue weighted by molar-refractivity contribution is 6.28. The van der Waals surface area contributed by atoms with E-state index in [4.69, 9.17) is 16.3 Å². The van der Waals surface area contributed by atoms with Crippen LogP contribution >= 0.6 is 11.6 Å². The Morgan fingerprint density at radius 3 is 3.08 bits per heavy atom. The number of hydrogen-bond donors (Lipinski definition) is 1. The van der Waals surface area contributed by atoms with Gasteiger partial charge in [-0.2, -0.15) is 4.98 Å². The maximum absolute atomic E-state index is 5.67. The Hall–Kier alpha value is -0.650. The molecule has 0 saturated carbocycles. The Kier molecular flexibility index (Phi) is 2.48. The first-order valence-corrected chi connectivity index (χ1v) is 4.53. The summed E-state index contributed by atoms with van der Waals surface area (Å²) in [6, 6.07) is 0.110. The molecular formula is C7H11ClN4O. The molecule has 0 aromatic carbocycles. The van der Waals surface area contributed by atoms with Gasteiger partial charge in [0.15, 0.2) is 0 Å². The van der Waals surface area contributed by atoms with Crippen LogP contribution in [-0.2, 0) is 11.8 Å². The lowest BCUT2D eigenvalue weighted by molar-refractivity contribution is 0.0730. The zero-order chi connectivity index (χ0) is 9.26. The molecular weight excluding hydrogens is 192 g/mol. The van der Waals surface area contributed by atoms with Gasteiger partial charge in [0.25, 0.3) is 0 Å². The molecule has 6 heteroatoms. The number of morpholine rings is 1. The van der Waals surface area contributed by atoms with E-state index in [1.54, 1.807) is 4.68 Å². The van der Waals surface area contributed by atoms with E-state index in [0.717, 1.165) is 19.0 Å². The molecule has 5 nitrogen and oxygen atoms in total. The van der Waals surface area contributed by atoms with Crippen molar-refractivity contribution >= 4 is 11.6 Å². The second-order valence-corrected chi connectivity index (χ2v) is 3.28. The normalized spacial score (nSPS) is 23.4. The number of hydrogen-bond acceptors (Lipinski definition) is 4. The molecule has 0 amide bonds. The second kappa shape index (κ2) is 3.61. The molecule has 1 atom stereocenters. The van der Waals surface area contributed by atoms with E-state index in [1.807, 2.05) is 7.05 Å². The molecule has 72 valence electrons. The SMILES string of the molecule is Cn1nc(Cl)nc1C1COCCN1. The van der Waals surface area contributed by atoms with E-state index in [2.05, 4.69) is 15.4 Å². The quantitative estimate of drug-likeness (QED) is 0.704. The Morgan fingerprint density at radius 1 is 1.69 bits per heavy atom. The Balaban J connectivity index is 2.18. The number of aryl methyl sites for hydroxylation is 1. The minimum absolute atomic E-state index is 0.110. The van der Waals surface area contributed by atoms with Crippen molar-refractivity contribution in [1.29, 1.82) is 0 Å². The third-order valence-electron chi connectivity index (χ3n) is 2.00. The van der Waals surface area contributed by atoms with E-state index in [-0.39, 0.29) is 11.3 Å². The van der Waals surface area contributed by atoms with Crippen molar-refractivity contribution in [2.75, 3.05) is 19.8 Å². The first-order valence-electron chi connectivity index (χ1n) is 4.15. The number of aromatic nitrogens is 3. The molecule has 1 aromatic heterocycles. The van der Waals surface area contributed by atoms with E-state index in [0.29, 0.717) is 6.61 Å². The summed E-state index contributed by atoms with van der Waals surface area (Å²) >= 11 is 5.67. The highest BCUT2D eigenvalue weighted by Crippen LogP contribution is 2.14. The van der Waals surface area contributed by atoms with Crippen LogP contribution in [0.5, 0.6) is 0 Å². The van der Waals surface area contributed by atoms with E-state index < -0.39 is 0 Å². The summed E-state index contributed by atoms with van der Waals surface area (Å²) in [7, 11) is 1.82. The van der Waals surface area contributed by atoms with Gasteiger partial charge in [-0.05, 0) is 11.6 Å². The average molecular weight is 203 g/mol. The standard InChI is InChI=1S/C7H11ClN4O/c1-12-6(10-7(8)11-12)5-4-13-3-2-9-5/h5,9H,2-4H2,1H3. The highest BCUT2D eigenvalue weighted by Gasteiger charge is 2.20. The Labute approximate surface area is 81.0 Å². The van der Waals surface area contributed by atoms with Crippen LogP contribution in [0, 0.1) is 0 Å². The van der Waals surface area contributed by atoms with Crippen LogP contribution in [0.2, 0.25) is 5.28 Å². The summed E-state index contributed by atoms with van der Waals surface area (Å²) in [6.07, 6.45) is 0. The van der Waals surface area contributed by atoms with Crippen molar-refractivity contribution in [2.24, 2.45) is 7.05 Å². The number of nitrogens with zero attached hydrogens (tertiary/aromatic N) is 3. The Bertz CT molecular complexity index is 295. The summed E-state index contributed by atoms with van der Waals surface area (Å²) in [4.78, 5) is 4.11. The predicted molar refractivity (Wildman–Crippen MR) is 47.6 cm³/mol. The summed E-state index contributed by atoms with van der Waals surface area (Å²) < 4.78 is 6.99.